The fourth-order valence-corrected chi connectivity index (χ4v) is 2.99. The predicted octanol–water partition coefficient (Wildman–Crippen LogP) is 1.23. The Morgan fingerprint density at radius 2 is 2.52 bits per heavy atom. The maximum atomic E-state index is 12.6. The number of hydrogen-bond donors (Lipinski definition) is 0. The zero-order chi connectivity index (χ0) is 15.2. The summed E-state index contributed by atoms with van der Waals surface area (Å²) in [6.07, 6.45) is 1.24. The molecule has 0 aromatic carbocycles. The van der Waals surface area contributed by atoms with Gasteiger partial charge in [-0.15, -0.1) is 11.3 Å². The minimum atomic E-state index is -0.472. The van der Waals surface area contributed by atoms with E-state index in [-0.39, 0.29) is 12.0 Å². The molecule has 2 heterocycles. The molecule has 6 nitrogen and oxygen atoms in total. The Bertz CT molecular complexity index is 441. The van der Waals surface area contributed by atoms with Crippen LogP contribution in [-0.4, -0.2) is 67.9 Å². The van der Waals surface area contributed by atoms with Crippen LogP contribution in [0.5, 0.6) is 0 Å². The number of carbonyl (C=O) groups is 1. The average Bonchev–Trinajstić information content (AvgIpc) is 2.98. The van der Waals surface area contributed by atoms with E-state index in [4.69, 9.17) is 9.47 Å². The zero-order valence-electron chi connectivity index (χ0n) is 12.8. The molecule has 0 spiro atoms. The fourth-order valence-electron chi connectivity index (χ4n) is 2.33. The van der Waals surface area contributed by atoms with Crippen molar-refractivity contribution in [2.45, 2.75) is 26.1 Å². The van der Waals surface area contributed by atoms with Crippen LogP contribution in [-0.2, 0) is 14.3 Å². The summed E-state index contributed by atoms with van der Waals surface area (Å²) >= 11 is 1.45. The van der Waals surface area contributed by atoms with Crippen molar-refractivity contribution in [3.05, 3.63) is 11.6 Å². The van der Waals surface area contributed by atoms with E-state index in [0.29, 0.717) is 24.9 Å². The van der Waals surface area contributed by atoms with E-state index in [1.165, 1.54) is 11.3 Å². The summed E-state index contributed by atoms with van der Waals surface area (Å²) in [4.78, 5) is 20.8. The van der Waals surface area contributed by atoms with Gasteiger partial charge in [0.05, 0.1) is 19.3 Å². The lowest BCUT2D eigenvalue weighted by Gasteiger charge is -2.33. The quantitative estimate of drug-likeness (QED) is 0.791. The summed E-state index contributed by atoms with van der Waals surface area (Å²) in [5.41, 5.74) is 0. The number of nitrogens with zero attached hydrogens (tertiary/aromatic N) is 3. The third-order valence-corrected chi connectivity index (χ3v) is 4.20. The van der Waals surface area contributed by atoms with Crippen LogP contribution in [0.3, 0.4) is 0 Å². The maximum absolute atomic E-state index is 12.6. The van der Waals surface area contributed by atoms with Crippen molar-refractivity contribution in [1.29, 1.82) is 0 Å². The number of thiazole rings is 1. The Morgan fingerprint density at radius 3 is 3.14 bits per heavy atom. The van der Waals surface area contributed by atoms with Gasteiger partial charge in [0, 0.05) is 31.3 Å². The maximum Gasteiger partial charge on any atom is 0.257 e. The highest BCUT2D eigenvalue weighted by molar-refractivity contribution is 7.13. The van der Waals surface area contributed by atoms with Crippen molar-refractivity contribution in [1.82, 2.24) is 9.88 Å². The van der Waals surface area contributed by atoms with E-state index in [9.17, 15) is 4.79 Å². The molecule has 2 unspecified atom stereocenters. The molecule has 0 bridgehead atoms. The Labute approximate surface area is 129 Å². The van der Waals surface area contributed by atoms with Crippen LogP contribution in [0.25, 0.3) is 0 Å². The van der Waals surface area contributed by atoms with E-state index >= 15 is 0 Å². The number of aromatic nitrogens is 1. The molecule has 0 saturated carbocycles. The van der Waals surface area contributed by atoms with Gasteiger partial charge in [0.1, 0.15) is 6.10 Å². The SMILES string of the molecule is CCOC(C)C(=O)N(CC1CN(C)CCO1)c1nccs1. The fraction of sp³-hybridized carbons (Fsp3) is 0.714. The molecule has 21 heavy (non-hydrogen) atoms. The summed E-state index contributed by atoms with van der Waals surface area (Å²) in [7, 11) is 2.06. The number of rotatable bonds is 6. The molecule has 2 atom stereocenters. The monoisotopic (exact) mass is 313 g/mol. The van der Waals surface area contributed by atoms with Gasteiger partial charge in [0.2, 0.25) is 0 Å². The largest absolute Gasteiger partial charge is 0.374 e. The van der Waals surface area contributed by atoms with Gasteiger partial charge in [-0.05, 0) is 20.9 Å². The third kappa shape index (κ3) is 4.47. The van der Waals surface area contributed by atoms with E-state index in [1.807, 2.05) is 12.3 Å². The molecule has 1 aliphatic rings. The Hall–Kier alpha value is -1.02. The Morgan fingerprint density at radius 1 is 1.71 bits per heavy atom. The first-order valence-electron chi connectivity index (χ1n) is 7.24. The first-order valence-corrected chi connectivity index (χ1v) is 8.12. The number of likely N-dealkylation sites (N-methyl/N-ethyl adjacent to an activating group) is 1. The van der Waals surface area contributed by atoms with Crippen LogP contribution in [0.2, 0.25) is 0 Å². The summed E-state index contributed by atoms with van der Waals surface area (Å²) in [6.45, 7) is 7.13. The Kier molecular flexibility index (Phi) is 6.10. The second-order valence-electron chi connectivity index (χ2n) is 5.12. The highest BCUT2D eigenvalue weighted by Gasteiger charge is 2.28. The molecule has 118 valence electrons. The van der Waals surface area contributed by atoms with Gasteiger partial charge in [-0.2, -0.15) is 0 Å². The van der Waals surface area contributed by atoms with E-state index in [0.717, 1.165) is 13.1 Å². The van der Waals surface area contributed by atoms with Crippen molar-refractivity contribution in [2.75, 3.05) is 44.8 Å². The van der Waals surface area contributed by atoms with Gasteiger partial charge in [-0.3, -0.25) is 9.69 Å². The van der Waals surface area contributed by atoms with Crippen LogP contribution < -0.4 is 4.90 Å². The van der Waals surface area contributed by atoms with Gasteiger partial charge in [0.25, 0.3) is 5.91 Å². The molecule has 1 fully saturated rings. The first-order chi connectivity index (χ1) is 10.1. The summed E-state index contributed by atoms with van der Waals surface area (Å²) in [5, 5.41) is 2.57. The minimum Gasteiger partial charge on any atom is -0.374 e. The molecule has 7 heteroatoms. The molecule has 0 aliphatic carbocycles. The van der Waals surface area contributed by atoms with Gasteiger partial charge in [0.15, 0.2) is 5.13 Å². The van der Waals surface area contributed by atoms with Gasteiger partial charge in [-0.25, -0.2) is 4.98 Å². The highest BCUT2D eigenvalue weighted by Crippen LogP contribution is 2.20. The lowest BCUT2D eigenvalue weighted by molar-refractivity contribution is -0.129. The molecule has 1 aliphatic heterocycles. The molecule has 2 rings (SSSR count). The molecule has 1 aromatic heterocycles. The molecular formula is C14H23N3O3S. The van der Waals surface area contributed by atoms with Crippen molar-refractivity contribution in [3.8, 4) is 0 Å². The third-order valence-electron chi connectivity index (χ3n) is 3.41. The van der Waals surface area contributed by atoms with Gasteiger partial charge < -0.3 is 14.4 Å². The first kappa shape index (κ1) is 16.4. The van der Waals surface area contributed by atoms with Crippen LogP contribution in [0.4, 0.5) is 5.13 Å². The summed E-state index contributed by atoms with van der Waals surface area (Å²) in [6, 6.07) is 0. The van der Waals surface area contributed by atoms with Crippen molar-refractivity contribution < 1.29 is 14.3 Å². The normalized spacial score (nSPS) is 21.2. The number of ether oxygens (including phenoxy) is 2. The average molecular weight is 313 g/mol. The second-order valence-corrected chi connectivity index (χ2v) is 5.99. The van der Waals surface area contributed by atoms with Gasteiger partial charge in [-0.1, -0.05) is 0 Å². The lowest BCUT2D eigenvalue weighted by Crippen LogP contribution is -2.49. The number of amides is 1. The number of morpholine rings is 1. The summed E-state index contributed by atoms with van der Waals surface area (Å²) < 4.78 is 11.2. The van der Waals surface area contributed by atoms with Crippen LogP contribution >= 0.6 is 11.3 Å². The van der Waals surface area contributed by atoms with Gasteiger partial charge >= 0.3 is 0 Å². The van der Waals surface area contributed by atoms with E-state index < -0.39 is 6.10 Å². The van der Waals surface area contributed by atoms with Crippen molar-refractivity contribution in [2.24, 2.45) is 0 Å². The predicted molar refractivity (Wildman–Crippen MR) is 82.8 cm³/mol. The number of anilines is 1. The molecule has 1 saturated heterocycles. The molecule has 0 radical (unpaired) electrons. The zero-order valence-corrected chi connectivity index (χ0v) is 13.6. The number of hydrogen-bond acceptors (Lipinski definition) is 6. The van der Waals surface area contributed by atoms with Crippen molar-refractivity contribution >= 4 is 22.4 Å². The molecular weight excluding hydrogens is 290 g/mol. The summed E-state index contributed by atoms with van der Waals surface area (Å²) in [5.74, 6) is -0.0661. The van der Waals surface area contributed by atoms with E-state index in [1.54, 1.807) is 18.0 Å². The molecule has 0 N–H and O–H groups in total. The lowest BCUT2D eigenvalue weighted by atomic mass is 10.2. The molecule has 1 amide bonds. The number of carbonyl (C=O) groups excluding carboxylic acids is 1. The van der Waals surface area contributed by atoms with Crippen LogP contribution in [0.1, 0.15) is 13.8 Å². The van der Waals surface area contributed by atoms with E-state index in [2.05, 4.69) is 16.9 Å². The minimum absolute atomic E-state index is 0.00502. The highest BCUT2D eigenvalue weighted by atomic mass is 32.1. The molecule has 1 aromatic rings. The second kappa shape index (κ2) is 7.84. The van der Waals surface area contributed by atoms with Crippen LogP contribution in [0, 0.1) is 0 Å². The smallest absolute Gasteiger partial charge is 0.257 e. The topological polar surface area (TPSA) is 54.9 Å². The Balaban J connectivity index is 2.07. The van der Waals surface area contributed by atoms with Crippen LogP contribution in [0.15, 0.2) is 11.6 Å². The standard InChI is InChI=1S/C14H23N3O3S/c1-4-19-11(2)13(18)17(14-15-5-8-21-14)10-12-9-16(3)6-7-20-12/h5,8,11-12H,4,6-7,9-10H2,1-3H3. The van der Waals surface area contributed by atoms with Crippen molar-refractivity contribution in [3.63, 3.8) is 0 Å².